The molecule has 1 saturated heterocycles. The monoisotopic (exact) mass is 344 g/mol. The highest BCUT2D eigenvalue weighted by atomic mass is 16.4. The summed E-state index contributed by atoms with van der Waals surface area (Å²) >= 11 is 0. The third-order valence-electron chi connectivity index (χ3n) is 4.34. The second-order valence-electron chi connectivity index (χ2n) is 6.73. The van der Waals surface area contributed by atoms with Crippen LogP contribution in [0.5, 0.6) is 0 Å². The number of carbonyl (C=O) groups is 2. The van der Waals surface area contributed by atoms with E-state index in [1.54, 1.807) is 0 Å². The van der Waals surface area contributed by atoms with Gasteiger partial charge in [-0.2, -0.15) is 4.98 Å². The summed E-state index contributed by atoms with van der Waals surface area (Å²) in [6.45, 7) is 5.82. The van der Waals surface area contributed by atoms with Crippen molar-refractivity contribution in [1.29, 1.82) is 0 Å². The Bertz CT molecular complexity index is 715. The summed E-state index contributed by atoms with van der Waals surface area (Å²) in [5, 5.41) is 5.32. The average molecular weight is 344 g/mol. The van der Waals surface area contributed by atoms with E-state index < -0.39 is 11.8 Å². The fourth-order valence-corrected chi connectivity index (χ4v) is 2.97. The minimum absolute atomic E-state index is 0.0437. The molecule has 25 heavy (non-hydrogen) atoms. The normalized spacial score (nSPS) is 15.6. The van der Waals surface area contributed by atoms with Gasteiger partial charge >= 0.3 is 11.8 Å². The summed E-state index contributed by atoms with van der Waals surface area (Å²) in [6.07, 6.45) is 1.84. The van der Waals surface area contributed by atoms with Crippen LogP contribution in [0, 0.1) is 5.92 Å². The van der Waals surface area contributed by atoms with E-state index in [0.717, 1.165) is 37.0 Å². The van der Waals surface area contributed by atoms with Gasteiger partial charge in [-0.1, -0.05) is 12.1 Å². The van der Waals surface area contributed by atoms with Crippen molar-refractivity contribution in [1.82, 2.24) is 15.6 Å². The maximum absolute atomic E-state index is 11.7. The summed E-state index contributed by atoms with van der Waals surface area (Å²) in [4.78, 5) is 30.0. The van der Waals surface area contributed by atoms with Crippen LogP contribution in [-0.2, 0) is 9.59 Å². The summed E-state index contributed by atoms with van der Waals surface area (Å²) in [6, 6.07) is 8.34. The number of para-hydroxylation sites is 2. The molecule has 3 rings (SSSR count). The molecule has 1 aromatic heterocycles. The molecule has 0 spiro atoms. The number of amides is 2. The highest BCUT2D eigenvalue weighted by Crippen LogP contribution is 2.25. The predicted octanol–water partition coefficient (Wildman–Crippen LogP) is 1.69. The van der Waals surface area contributed by atoms with Gasteiger partial charge in [-0.3, -0.25) is 9.59 Å². The molecule has 0 unspecified atom stereocenters. The number of rotatable bonds is 4. The SMILES string of the molecule is CC(C)NC(=O)C(=O)NCC1CCN(c2nc3ccccc3o2)CC1. The predicted molar refractivity (Wildman–Crippen MR) is 95.2 cm³/mol. The first kappa shape index (κ1) is 17.3. The van der Waals surface area contributed by atoms with E-state index in [-0.39, 0.29) is 6.04 Å². The van der Waals surface area contributed by atoms with Crippen LogP contribution < -0.4 is 15.5 Å². The van der Waals surface area contributed by atoms with E-state index in [0.29, 0.717) is 18.5 Å². The Hall–Kier alpha value is -2.57. The highest BCUT2D eigenvalue weighted by molar-refractivity contribution is 6.35. The van der Waals surface area contributed by atoms with Crippen LogP contribution in [0.15, 0.2) is 28.7 Å². The minimum atomic E-state index is -0.570. The van der Waals surface area contributed by atoms with Gasteiger partial charge in [0.05, 0.1) is 0 Å². The number of carbonyl (C=O) groups excluding carboxylic acids is 2. The van der Waals surface area contributed by atoms with E-state index in [1.165, 1.54) is 0 Å². The zero-order valence-corrected chi connectivity index (χ0v) is 14.6. The van der Waals surface area contributed by atoms with Crippen molar-refractivity contribution < 1.29 is 14.0 Å². The van der Waals surface area contributed by atoms with Crippen molar-refractivity contribution in [2.45, 2.75) is 32.7 Å². The molecule has 1 fully saturated rings. The second-order valence-corrected chi connectivity index (χ2v) is 6.73. The van der Waals surface area contributed by atoms with Crippen molar-refractivity contribution in [3.63, 3.8) is 0 Å². The number of hydrogen-bond donors (Lipinski definition) is 2. The Kier molecular flexibility index (Phi) is 5.21. The maximum atomic E-state index is 11.7. The first-order valence-electron chi connectivity index (χ1n) is 8.72. The summed E-state index contributed by atoms with van der Waals surface area (Å²) in [7, 11) is 0. The lowest BCUT2D eigenvalue weighted by Crippen LogP contribution is -2.45. The van der Waals surface area contributed by atoms with E-state index in [2.05, 4.69) is 20.5 Å². The number of nitrogens with one attached hydrogen (secondary N) is 2. The van der Waals surface area contributed by atoms with Crippen LogP contribution in [-0.4, -0.2) is 42.5 Å². The number of fused-ring (bicyclic) bond motifs is 1. The third-order valence-corrected chi connectivity index (χ3v) is 4.34. The van der Waals surface area contributed by atoms with Crippen LogP contribution in [0.25, 0.3) is 11.1 Å². The lowest BCUT2D eigenvalue weighted by molar-refractivity contribution is -0.139. The molecule has 2 N–H and O–H groups in total. The van der Waals surface area contributed by atoms with E-state index in [4.69, 9.17) is 4.42 Å². The summed E-state index contributed by atoms with van der Waals surface area (Å²) in [5.41, 5.74) is 1.66. The molecule has 134 valence electrons. The fraction of sp³-hybridized carbons (Fsp3) is 0.500. The summed E-state index contributed by atoms with van der Waals surface area (Å²) < 4.78 is 5.80. The number of aromatic nitrogens is 1. The topological polar surface area (TPSA) is 87.5 Å². The molecule has 0 aliphatic carbocycles. The standard InChI is InChI=1S/C18H24N4O3/c1-12(2)20-17(24)16(23)19-11-13-7-9-22(10-8-13)18-21-14-5-3-4-6-15(14)25-18/h3-6,12-13H,7-11H2,1-2H3,(H,19,23)(H,20,24). The van der Waals surface area contributed by atoms with Gasteiger partial charge < -0.3 is 20.0 Å². The molecular formula is C18H24N4O3. The quantitative estimate of drug-likeness (QED) is 0.824. The molecule has 7 heteroatoms. The Labute approximate surface area is 146 Å². The number of anilines is 1. The van der Waals surface area contributed by atoms with E-state index in [9.17, 15) is 9.59 Å². The second kappa shape index (κ2) is 7.55. The molecule has 0 saturated carbocycles. The van der Waals surface area contributed by atoms with Crippen molar-refractivity contribution in [3.05, 3.63) is 24.3 Å². The Morgan fingerprint density at radius 1 is 1.24 bits per heavy atom. The van der Waals surface area contributed by atoms with Gasteiger partial charge in [0.1, 0.15) is 5.52 Å². The molecule has 0 bridgehead atoms. The van der Waals surface area contributed by atoms with E-state index in [1.807, 2.05) is 38.1 Å². The van der Waals surface area contributed by atoms with Crippen molar-refractivity contribution in [3.8, 4) is 0 Å². The third kappa shape index (κ3) is 4.29. The molecule has 0 radical (unpaired) electrons. The minimum Gasteiger partial charge on any atom is -0.423 e. The van der Waals surface area contributed by atoms with Crippen molar-refractivity contribution in [2.75, 3.05) is 24.5 Å². The maximum Gasteiger partial charge on any atom is 0.309 e. The zero-order valence-electron chi connectivity index (χ0n) is 14.6. The van der Waals surface area contributed by atoms with Crippen LogP contribution in [0.3, 0.4) is 0 Å². The first-order chi connectivity index (χ1) is 12.0. The van der Waals surface area contributed by atoms with Gasteiger partial charge in [0.15, 0.2) is 5.58 Å². The Morgan fingerprint density at radius 3 is 2.64 bits per heavy atom. The molecule has 1 aliphatic heterocycles. The molecule has 7 nitrogen and oxygen atoms in total. The molecule has 1 aromatic carbocycles. The van der Waals surface area contributed by atoms with Gasteiger partial charge in [-0.15, -0.1) is 0 Å². The smallest absolute Gasteiger partial charge is 0.309 e. The molecule has 2 amide bonds. The number of benzene rings is 1. The molecule has 2 aromatic rings. The summed E-state index contributed by atoms with van der Waals surface area (Å²) in [5.74, 6) is -0.773. The van der Waals surface area contributed by atoms with Crippen molar-refractivity contribution in [2.24, 2.45) is 5.92 Å². The molecular weight excluding hydrogens is 320 g/mol. The van der Waals surface area contributed by atoms with Crippen LogP contribution in [0.2, 0.25) is 0 Å². The largest absolute Gasteiger partial charge is 0.423 e. The lowest BCUT2D eigenvalue weighted by Gasteiger charge is -2.30. The van der Waals surface area contributed by atoms with Gasteiger partial charge in [0.2, 0.25) is 0 Å². The Balaban J connectivity index is 1.47. The number of piperidine rings is 1. The van der Waals surface area contributed by atoms with Gasteiger partial charge in [-0.05, 0) is 44.7 Å². The van der Waals surface area contributed by atoms with Crippen LogP contribution >= 0.6 is 0 Å². The van der Waals surface area contributed by atoms with Gasteiger partial charge in [0.25, 0.3) is 6.01 Å². The van der Waals surface area contributed by atoms with E-state index >= 15 is 0 Å². The Morgan fingerprint density at radius 2 is 1.96 bits per heavy atom. The number of hydrogen-bond acceptors (Lipinski definition) is 5. The van der Waals surface area contributed by atoms with Crippen LogP contribution in [0.4, 0.5) is 6.01 Å². The van der Waals surface area contributed by atoms with Gasteiger partial charge in [-0.25, -0.2) is 0 Å². The van der Waals surface area contributed by atoms with Crippen molar-refractivity contribution >= 4 is 28.9 Å². The average Bonchev–Trinajstić information content (AvgIpc) is 3.03. The number of oxazole rings is 1. The molecule has 0 atom stereocenters. The zero-order chi connectivity index (χ0) is 17.8. The number of nitrogens with zero attached hydrogens (tertiary/aromatic N) is 2. The van der Waals surface area contributed by atoms with Crippen LogP contribution in [0.1, 0.15) is 26.7 Å². The first-order valence-corrected chi connectivity index (χ1v) is 8.72. The fourth-order valence-electron chi connectivity index (χ4n) is 2.97. The highest BCUT2D eigenvalue weighted by Gasteiger charge is 2.24. The molecule has 1 aliphatic rings. The molecule has 2 heterocycles. The lowest BCUT2D eigenvalue weighted by atomic mass is 9.97. The van der Waals surface area contributed by atoms with Gasteiger partial charge in [0, 0.05) is 25.7 Å².